The van der Waals surface area contributed by atoms with Crippen molar-refractivity contribution in [2.24, 2.45) is 5.73 Å². The second-order valence-corrected chi connectivity index (χ2v) is 7.35. The molecule has 0 unspecified atom stereocenters. The summed E-state index contributed by atoms with van der Waals surface area (Å²) in [5, 5.41) is 3.01. The van der Waals surface area contributed by atoms with Crippen molar-refractivity contribution in [3.63, 3.8) is 0 Å². The number of carbonyl (C=O) groups excluding carboxylic acids is 1. The first-order valence-corrected chi connectivity index (χ1v) is 8.11. The quantitative estimate of drug-likeness (QED) is 0.877. The largest absolute Gasteiger partial charge is 0.353 e. The molecule has 1 aliphatic carbocycles. The van der Waals surface area contributed by atoms with Crippen LogP contribution in [0.25, 0.3) is 0 Å². The molecule has 2 rings (SSSR count). The Balaban J connectivity index is 2.02. The molecule has 0 aromatic heterocycles. The fourth-order valence-electron chi connectivity index (χ4n) is 2.60. The van der Waals surface area contributed by atoms with Gasteiger partial charge in [0, 0.05) is 16.2 Å². The molecule has 1 saturated carbocycles. The molecule has 3 N–H and O–H groups in total. The number of nitrogens with two attached hydrogens (primary N) is 1. The summed E-state index contributed by atoms with van der Waals surface area (Å²) in [4.78, 5) is 13.0. The Labute approximate surface area is 125 Å². The highest BCUT2D eigenvalue weighted by Crippen LogP contribution is 2.44. The van der Waals surface area contributed by atoms with Gasteiger partial charge < -0.3 is 11.1 Å². The molecule has 0 aliphatic heterocycles. The molecule has 1 amide bonds. The zero-order valence-corrected chi connectivity index (χ0v) is 13.1. The van der Waals surface area contributed by atoms with Crippen LogP contribution in [0.2, 0.25) is 0 Å². The van der Waals surface area contributed by atoms with Crippen LogP contribution in [-0.2, 0) is 4.79 Å². The van der Waals surface area contributed by atoms with Gasteiger partial charge in [0.1, 0.15) is 0 Å². The van der Waals surface area contributed by atoms with Crippen molar-refractivity contribution in [2.45, 2.75) is 55.2 Å². The predicted octanol–water partition coefficient (Wildman–Crippen LogP) is 2.86. The number of hydrogen-bond donors (Lipinski definition) is 2. The number of carbonyl (C=O) groups is 1. The average molecular weight is 292 g/mol. The number of hydrogen-bond acceptors (Lipinski definition) is 3. The van der Waals surface area contributed by atoms with Crippen LogP contribution in [0.1, 0.15) is 38.2 Å². The highest BCUT2D eigenvalue weighted by molar-refractivity contribution is 8.00. The summed E-state index contributed by atoms with van der Waals surface area (Å²) in [5.74, 6) is -0.0548. The fraction of sp³-hybridized carbons (Fsp3) is 0.562. The van der Waals surface area contributed by atoms with Gasteiger partial charge >= 0.3 is 0 Å². The summed E-state index contributed by atoms with van der Waals surface area (Å²) in [7, 11) is 0. The molecular formula is C16H24N2OS. The van der Waals surface area contributed by atoms with E-state index in [0.717, 1.165) is 12.8 Å². The lowest BCUT2D eigenvalue weighted by atomic mass is 10.1. The average Bonchev–Trinajstić information content (AvgIpc) is 2.87. The van der Waals surface area contributed by atoms with Gasteiger partial charge in [-0.25, -0.2) is 0 Å². The minimum atomic E-state index is -0.433. The van der Waals surface area contributed by atoms with Crippen LogP contribution < -0.4 is 11.1 Å². The normalized spacial score (nSPS) is 18.8. The summed E-state index contributed by atoms with van der Waals surface area (Å²) in [6.07, 6.45) is 4.80. The summed E-state index contributed by atoms with van der Waals surface area (Å²) in [6.45, 7) is 4.54. The van der Waals surface area contributed by atoms with Crippen molar-refractivity contribution < 1.29 is 4.79 Å². The maximum Gasteiger partial charge on any atom is 0.236 e. The molecule has 0 radical (unpaired) electrons. The molecule has 110 valence electrons. The molecule has 20 heavy (non-hydrogen) atoms. The van der Waals surface area contributed by atoms with Gasteiger partial charge in [0.25, 0.3) is 0 Å². The SMILES string of the molecule is Cc1ccc(SC2(CNC(=O)[C@@H](C)N)CCCC2)cc1. The van der Waals surface area contributed by atoms with Gasteiger partial charge in [-0.3, -0.25) is 4.79 Å². The number of benzene rings is 1. The minimum Gasteiger partial charge on any atom is -0.353 e. The van der Waals surface area contributed by atoms with Gasteiger partial charge in [0.2, 0.25) is 5.91 Å². The van der Waals surface area contributed by atoms with Crippen molar-refractivity contribution in [1.29, 1.82) is 0 Å². The highest BCUT2D eigenvalue weighted by Gasteiger charge is 2.35. The Morgan fingerprint density at radius 1 is 1.35 bits per heavy atom. The third kappa shape index (κ3) is 4.00. The van der Waals surface area contributed by atoms with Crippen LogP contribution in [0.3, 0.4) is 0 Å². The van der Waals surface area contributed by atoms with E-state index in [1.807, 2.05) is 11.8 Å². The molecule has 3 nitrogen and oxygen atoms in total. The third-order valence-electron chi connectivity index (χ3n) is 3.87. The first-order chi connectivity index (χ1) is 9.51. The second kappa shape index (κ2) is 6.64. The molecule has 0 saturated heterocycles. The highest BCUT2D eigenvalue weighted by atomic mass is 32.2. The van der Waals surface area contributed by atoms with Crippen molar-refractivity contribution in [2.75, 3.05) is 6.54 Å². The van der Waals surface area contributed by atoms with Crippen molar-refractivity contribution in [3.8, 4) is 0 Å². The zero-order valence-electron chi connectivity index (χ0n) is 12.3. The smallest absolute Gasteiger partial charge is 0.236 e. The number of nitrogens with one attached hydrogen (secondary N) is 1. The van der Waals surface area contributed by atoms with Crippen LogP contribution >= 0.6 is 11.8 Å². The van der Waals surface area contributed by atoms with E-state index in [0.29, 0.717) is 6.54 Å². The van der Waals surface area contributed by atoms with Crippen molar-refractivity contribution >= 4 is 17.7 Å². The van der Waals surface area contributed by atoms with Crippen LogP contribution in [0, 0.1) is 6.92 Å². The lowest BCUT2D eigenvalue weighted by molar-refractivity contribution is -0.122. The molecule has 4 heteroatoms. The number of amides is 1. The molecule has 0 heterocycles. The maximum atomic E-state index is 11.7. The van der Waals surface area contributed by atoms with Gasteiger partial charge in [0.05, 0.1) is 6.04 Å². The molecule has 1 aromatic carbocycles. The molecular weight excluding hydrogens is 268 g/mol. The van der Waals surface area contributed by atoms with Gasteiger partial charge in [-0.1, -0.05) is 30.5 Å². The summed E-state index contributed by atoms with van der Waals surface area (Å²) in [6, 6.07) is 8.20. The molecule has 1 fully saturated rings. The van der Waals surface area contributed by atoms with E-state index < -0.39 is 6.04 Å². The lowest BCUT2D eigenvalue weighted by Gasteiger charge is -2.29. The van der Waals surface area contributed by atoms with E-state index in [9.17, 15) is 4.79 Å². The number of rotatable bonds is 5. The molecule has 0 bridgehead atoms. The molecule has 1 atom stereocenters. The van der Waals surface area contributed by atoms with E-state index in [2.05, 4.69) is 36.5 Å². The predicted molar refractivity (Wildman–Crippen MR) is 84.9 cm³/mol. The van der Waals surface area contributed by atoms with Crippen LogP contribution in [-0.4, -0.2) is 23.2 Å². The number of aryl methyl sites for hydroxylation is 1. The Kier molecular flexibility index (Phi) is 5.11. The van der Waals surface area contributed by atoms with E-state index in [1.165, 1.54) is 23.3 Å². The van der Waals surface area contributed by atoms with E-state index in [1.54, 1.807) is 6.92 Å². The first kappa shape index (κ1) is 15.4. The Morgan fingerprint density at radius 2 is 1.95 bits per heavy atom. The molecule has 0 spiro atoms. The van der Waals surface area contributed by atoms with Crippen LogP contribution in [0.15, 0.2) is 29.2 Å². The summed E-state index contributed by atoms with van der Waals surface area (Å²) in [5.41, 5.74) is 6.89. The topological polar surface area (TPSA) is 55.1 Å². The Morgan fingerprint density at radius 3 is 2.50 bits per heavy atom. The Hall–Kier alpha value is -1.00. The van der Waals surface area contributed by atoms with Crippen LogP contribution in [0.4, 0.5) is 0 Å². The standard InChI is InChI=1S/C16H24N2OS/c1-12-5-7-14(8-6-12)20-16(9-3-4-10-16)11-18-15(19)13(2)17/h5-8,13H,3-4,9-11,17H2,1-2H3,(H,18,19)/t13-/m1/s1. The lowest BCUT2D eigenvalue weighted by Crippen LogP contribution is -2.44. The van der Waals surface area contributed by atoms with Crippen LogP contribution in [0.5, 0.6) is 0 Å². The van der Waals surface area contributed by atoms with Gasteiger partial charge in [-0.15, -0.1) is 11.8 Å². The Bertz CT molecular complexity index is 450. The van der Waals surface area contributed by atoms with Gasteiger partial charge in [-0.2, -0.15) is 0 Å². The van der Waals surface area contributed by atoms with E-state index >= 15 is 0 Å². The summed E-state index contributed by atoms with van der Waals surface area (Å²) >= 11 is 1.91. The monoisotopic (exact) mass is 292 g/mol. The minimum absolute atomic E-state index is 0.0548. The maximum absolute atomic E-state index is 11.7. The van der Waals surface area contributed by atoms with Crippen molar-refractivity contribution in [1.82, 2.24) is 5.32 Å². The first-order valence-electron chi connectivity index (χ1n) is 7.30. The van der Waals surface area contributed by atoms with E-state index in [4.69, 9.17) is 5.73 Å². The molecule has 1 aromatic rings. The van der Waals surface area contributed by atoms with Gasteiger partial charge in [-0.05, 0) is 38.8 Å². The third-order valence-corrected chi connectivity index (χ3v) is 5.36. The zero-order chi connectivity index (χ0) is 14.6. The van der Waals surface area contributed by atoms with Crippen molar-refractivity contribution in [3.05, 3.63) is 29.8 Å². The van der Waals surface area contributed by atoms with Gasteiger partial charge in [0.15, 0.2) is 0 Å². The molecule has 1 aliphatic rings. The number of thioether (sulfide) groups is 1. The second-order valence-electron chi connectivity index (χ2n) is 5.81. The van der Waals surface area contributed by atoms with E-state index in [-0.39, 0.29) is 10.7 Å². The fourth-order valence-corrected chi connectivity index (χ4v) is 4.01. The summed E-state index contributed by atoms with van der Waals surface area (Å²) < 4.78 is 0.139.